The van der Waals surface area contributed by atoms with Gasteiger partial charge in [0.15, 0.2) is 0 Å². The van der Waals surface area contributed by atoms with Crippen molar-refractivity contribution in [3.63, 3.8) is 0 Å². The number of carbonyl (C=O) groups excluding carboxylic acids is 1. The summed E-state index contributed by atoms with van der Waals surface area (Å²) in [5.41, 5.74) is 0.354. The molecule has 1 aromatic carbocycles. The molecule has 2 aromatic rings. The Balaban J connectivity index is 0.000000370. The van der Waals surface area contributed by atoms with E-state index < -0.39 is 28.1 Å². The van der Waals surface area contributed by atoms with E-state index in [2.05, 4.69) is 10.3 Å². The number of benzene rings is 1. The highest BCUT2D eigenvalue weighted by Gasteiger charge is 2.38. The molecule has 0 atom stereocenters. The number of halogens is 4. The van der Waals surface area contributed by atoms with Gasteiger partial charge in [-0.25, -0.2) is 14.1 Å². The fraction of sp³-hybridized carbons (Fsp3) is 0.357. The van der Waals surface area contributed by atoms with Gasteiger partial charge in [-0.05, 0) is 12.1 Å². The van der Waals surface area contributed by atoms with Crippen molar-refractivity contribution in [1.82, 2.24) is 14.6 Å². The van der Waals surface area contributed by atoms with Crippen LogP contribution in [-0.4, -0.2) is 67.6 Å². The van der Waals surface area contributed by atoms with Gasteiger partial charge in [0.25, 0.3) is 10.0 Å². The van der Waals surface area contributed by atoms with Crippen LogP contribution < -0.4 is 10.1 Å². The number of aromatic nitrogens is 1. The van der Waals surface area contributed by atoms with Crippen molar-refractivity contribution >= 4 is 55.1 Å². The van der Waals surface area contributed by atoms with Gasteiger partial charge in [0.2, 0.25) is 10.2 Å². The minimum atomic E-state index is -5.08. The third-order valence-electron chi connectivity index (χ3n) is 3.46. The number of nitrogens with zero attached hydrogens (tertiary/aromatic N) is 2. The average molecular weight is 476 g/mol. The van der Waals surface area contributed by atoms with E-state index in [0.29, 0.717) is 22.5 Å². The second-order valence-corrected chi connectivity index (χ2v) is 8.80. The molecular formula is C14H13ClF3N3O6S2. The molecule has 3 rings (SSSR count). The van der Waals surface area contributed by atoms with Gasteiger partial charge in [-0.1, -0.05) is 11.6 Å². The summed E-state index contributed by atoms with van der Waals surface area (Å²) >= 11 is 7.13. The molecule has 2 heterocycles. The number of aliphatic carboxylic acids is 1. The van der Waals surface area contributed by atoms with Crippen molar-refractivity contribution in [2.75, 3.05) is 26.7 Å². The minimum Gasteiger partial charge on any atom is -0.495 e. The summed E-state index contributed by atoms with van der Waals surface area (Å²) in [7, 11) is -2.49. The lowest BCUT2D eigenvalue weighted by molar-refractivity contribution is -0.192. The largest absolute Gasteiger partial charge is 0.495 e. The van der Waals surface area contributed by atoms with Gasteiger partial charge in [-0.2, -0.15) is 21.6 Å². The number of hydrogen-bond donors (Lipinski definition) is 2. The van der Waals surface area contributed by atoms with Crippen LogP contribution in [0.1, 0.15) is 0 Å². The van der Waals surface area contributed by atoms with Crippen molar-refractivity contribution in [1.29, 1.82) is 0 Å². The van der Waals surface area contributed by atoms with Crippen molar-refractivity contribution in [3.8, 4) is 5.75 Å². The molecule has 0 aliphatic carbocycles. The number of thiazole rings is 1. The number of amides is 1. The quantitative estimate of drug-likeness (QED) is 0.687. The SMILES string of the molecule is COc1ccc2sc(S(=O)(=O)N3CCNCC3=O)nc2c1Cl.O=C(O)C(F)(F)F. The minimum absolute atomic E-state index is 0.00129. The second-order valence-electron chi connectivity index (χ2n) is 5.36. The van der Waals surface area contributed by atoms with E-state index in [1.54, 1.807) is 12.1 Å². The Kier molecular flexibility index (Phi) is 6.93. The average Bonchev–Trinajstić information content (AvgIpc) is 3.08. The standard InChI is InChI=1S/C12H12ClN3O4S2.C2HF3O2/c1-20-7-2-3-8-11(10(7)13)15-12(21-8)22(18,19)16-5-4-14-6-9(16)17;3-2(4,5)1(6)7/h2-3,14H,4-6H2,1H3;(H,6,7). The molecule has 15 heteroatoms. The van der Waals surface area contributed by atoms with Gasteiger partial charge in [0, 0.05) is 13.1 Å². The lowest BCUT2D eigenvalue weighted by Crippen LogP contribution is -2.50. The molecule has 1 aliphatic rings. The fourth-order valence-corrected chi connectivity index (χ4v) is 5.19. The van der Waals surface area contributed by atoms with Gasteiger partial charge in [-0.15, -0.1) is 11.3 Å². The Hall–Kier alpha value is -2.16. The highest BCUT2D eigenvalue weighted by Crippen LogP contribution is 2.37. The molecular weight excluding hydrogens is 463 g/mol. The fourth-order valence-electron chi connectivity index (χ4n) is 2.13. The van der Waals surface area contributed by atoms with Crippen molar-refractivity contribution in [2.24, 2.45) is 0 Å². The molecule has 1 aliphatic heterocycles. The molecule has 0 unspecified atom stereocenters. The number of fused-ring (bicyclic) bond motifs is 1. The Bertz CT molecular complexity index is 1040. The Morgan fingerprint density at radius 1 is 1.41 bits per heavy atom. The maximum Gasteiger partial charge on any atom is 0.490 e. The van der Waals surface area contributed by atoms with Crippen LogP contribution in [0.2, 0.25) is 5.02 Å². The molecule has 1 aromatic heterocycles. The molecule has 1 saturated heterocycles. The third kappa shape index (κ3) is 5.07. The van der Waals surface area contributed by atoms with Crippen LogP contribution >= 0.6 is 22.9 Å². The van der Waals surface area contributed by atoms with Gasteiger partial charge in [-0.3, -0.25) is 4.79 Å². The van der Waals surface area contributed by atoms with Crippen LogP contribution in [0.4, 0.5) is 13.2 Å². The van der Waals surface area contributed by atoms with E-state index in [9.17, 15) is 26.4 Å². The molecule has 29 heavy (non-hydrogen) atoms. The van der Waals surface area contributed by atoms with Crippen molar-refractivity contribution in [3.05, 3.63) is 17.2 Å². The van der Waals surface area contributed by atoms with Gasteiger partial charge < -0.3 is 15.2 Å². The summed E-state index contributed by atoms with van der Waals surface area (Å²) in [4.78, 5) is 24.8. The number of methoxy groups -OCH3 is 1. The Morgan fingerprint density at radius 2 is 2.03 bits per heavy atom. The Morgan fingerprint density at radius 3 is 2.55 bits per heavy atom. The predicted octanol–water partition coefficient (Wildman–Crippen LogP) is 1.71. The Labute approximate surface area is 171 Å². The number of carboxylic acids is 1. The second kappa shape index (κ2) is 8.69. The van der Waals surface area contributed by atoms with E-state index in [1.165, 1.54) is 7.11 Å². The van der Waals surface area contributed by atoms with E-state index in [0.717, 1.165) is 15.6 Å². The third-order valence-corrected chi connectivity index (χ3v) is 7.02. The van der Waals surface area contributed by atoms with Crippen LogP contribution in [0.15, 0.2) is 16.5 Å². The molecule has 0 spiro atoms. The van der Waals surface area contributed by atoms with E-state index in [4.69, 9.17) is 26.2 Å². The van der Waals surface area contributed by atoms with Crippen LogP contribution in [-0.2, 0) is 19.6 Å². The maximum absolute atomic E-state index is 12.6. The topological polar surface area (TPSA) is 126 Å². The summed E-state index contributed by atoms with van der Waals surface area (Å²) in [6, 6.07) is 3.34. The number of nitrogens with one attached hydrogen (secondary N) is 1. The number of ether oxygens (including phenoxy) is 1. The van der Waals surface area contributed by atoms with Crippen molar-refractivity contribution < 1.29 is 41.0 Å². The first-order valence-corrected chi connectivity index (χ1v) is 10.2. The van der Waals surface area contributed by atoms with Crippen LogP contribution in [0.3, 0.4) is 0 Å². The van der Waals surface area contributed by atoms with E-state index in [-0.39, 0.29) is 22.5 Å². The number of alkyl halides is 3. The number of carbonyl (C=O) groups is 2. The summed E-state index contributed by atoms with van der Waals surface area (Å²) in [5.74, 6) is -2.83. The normalized spacial score (nSPS) is 15.1. The van der Waals surface area contributed by atoms with E-state index >= 15 is 0 Å². The van der Waals surface area contributed by atoms with Gasteiger partial charge in [0.05, 0.1) is 18.4 Å². The number of sulfonamides is 1. The molecule has 0 saturated carbocycles. The number of piperazine rings is 1. The number of rotatable bonds is 3. The smallest absolute Gasteiger partial charge is 0.490 e. The molecule has 0 bridgehead atoms. The molecule has 1 amide bonds. The lowest BCUT2D eigenvalue weighted by atomic mass is 10.3. The number of hydrogen-bond acceptors (Lipinski definition) is 8. The molecule has 9 nitrogen and oxygen atoms in total. The molecule has 2 N–H and O–H groups in total. The van der Waals surface area contributed by atoms with Gasteiger partial charge in [0.1, 0.15) is 16.3 Å². The highest BCUT2D eigenvalue weighted by molar-refractivity contribution is 7.91. The highest BCUT2D eigenvalue weighted by atomic mass is 35.5. The van der Waals surface area contributed by atoms with Gasteiger partial charge >= 0.3 is 12.1 Å². The molecule has 0 radical (unpaired) electrons. The lowest BCUT2D eigenvalue weighted by Gasteiger charge is -2.25. The summed E-state index contributed by atoms with van der Waals surface area (Å²) in [6.07, 6.45) is -5.08. The zero-order valence-corrected chi connectivity index (χ0v) is 16.9. The first kappa shape index (κ1) is 23.1. The summed E-state index contributed by atoms with van der Waals surface area (Å²) < 4.78 is 63.3. The summed E-state index contributed by atoms with van der Waals surface area (Å²) in [5, 5.41) is 10.2. The summed E-state index contributed by atoms with van der Waals surface area (Å²) in [6.45, 7) is 0.511. The first-order valence-electron chi connectivity index (χ1n) is 7.59. The van der Waals surface area contributed by atoms with Crippen molar-refractivity contribution in [2.45, 2.75) is 10.5 Å². The van der Waals surface area contributed by atoms with Crippen LogP contribution in [0, 0.1) is 0 Å². The van der Waals surface area contributed by atoms with E-state index in [1.807, 2.05) is 0 Å². The van der Waals surface area contributed by atoms with Crippen LogP contribution in [0.5, 0.6) is 5.75 Å². The van der Waals surface area contributed by atoms with Crippen LogP contribution in [0.25, 0.3) is 10.2 Å². The maximum atomic E-state index is 12.6. The first-order chi connectivity index (χ1) is 13.4. The zero-order chi connectivity index (χ0) is 22.0. The monoisotopic (exact) mass is 475 g/mol. The molecule has 160 valence electrons. The predicted molar refractivity (Wildman–Crippen MR) is 96.6 cm³/mol. The molecule has 1 fully saturated rings. The zero-order valence-electron chi connectivity index (χ0n) is 14.5. The number of carboxylic acid groups (broad SMARTS) is 1.